The first-order valence-electron chi connectivity index (χ1n) is 4.92. The average molecular weight is 170 g/mol. The van der Waals surface area contributed by atoms with Gasteiger partial charge >= 0.3 is 5.97 Å². The van der Waals surface area contributed by atoms with Gasteiger partial charge in [-0.3, -0.25) is 4.79 Å². The summed E-state index contributed by atoms with van der Waals surface area (Å²) in [6.45, 7) is 2.10. The maximum absolute atomic E-state index is 10.5. The molecule has 0 aromatic carbocycles. The van der Waals surface area contributed by atoms with Crippen molar-refractivity contribution in [1.82, 2.24) is 0 Å². The summed E-state index contributed by atoms with van der Waals surface area (Å²) in [5.41, 5.74) is 0. The van der Waals surface area contributed by atoms with Crippen LogP contribution in [0.5, 0.6) is 0 Å². The quantitative estimate of drug-likeness (QED) is 0.608. The molecule has 0 aromatic heterocycles. The Hall–Kier alpha value is -0.530. The van der Waals surface area contributed by atoms with Gasteiger partial charge in [-0.15, -0.1) is 0 Å². The molecule has 12 heavy (non-hydrogen) atoms. The average Bonchev–Trinajstić information content (AvgIpc) is 2.05. The molecule has 2 heteroatoms. The van der Waals surface area contributed by atoms with Gasteiger partial charge in [-0.1, -0.05) is 32.1 Å². The monoisotopic (exact) mass is 170 g/mol. The highest BCUT2D eigenvalue weighted by atomic mass is 16.5. The van der Waals surface area contributed by atoms with E-state index in [0.29, 0.717) is 6.61 Å². The fourth-order valence-corrected chi connectivity index (χ4v) is 1.85. The summed E-state index contributed by atoms with van der Waals surface area (Å²) in [5, 5.41) is 0. The predicted molar refractivity (Wildman–Crippen MR) is 47.8 cm³/mol. The lowest BCUT2D eigenvalue weighted by atomic mass is 9.87. The van der Waals surface area contributed by atoms with Crippen LogP contribution in [0.15, 0.2) is 0 Å². The van der Waals surface area contributed by atoms with Crippen LogP contribution >= 0.6 is 0 Å². The molecular formula is C10H18O2. The third-order valence-electron chi connectivity index (χ3n) is 2.56. The van der Waals surface area contributed by atoms with Crippen LogP contribution in [0, 0.1) is 5.92 Å². The Kier molecular flexibility index (Phi) is 4.12. The van der Waals surface area contributed by atoms with E-state index in [4.69, 9.17) is 4.74 Å². The van der Waals surface area contributed by atoms with Gasteiger partial charge in [0, 0.05) is 6.92 Å². The van der Waals surface area contributed by atoms with Gasteiger partial charge in [0.15, 0.2) is 0 Å². The standard InChI is InChI=1S/C10H18O2/c1-9(11)12-8-7-10-5-3-2-4-6-10/h10H,2-8H2,1H3. The summed E-state index contributed by atoms with van der Waals surface area (Å²) in [6, 6.07) is 0. The maximum Gasteiger partial charge on any atom is 0.302 e. The molecule has 0 atom stereocenters. The van der Waals surface area contributed by atoms with E-state index in [9.17, 15) is 4.79 Å². The molecule has 0 N–H and O–H groups in total. The molecule has 0 saturated heterocycles. The molecule has 1 saturated carbocycles. The summed E-state index contributed by atoms with van der Waals surface area (Å²) >= 11 is 0. The predicted octanol–water partition coefficient (Wildman–Crippen LogP) is 2.52. The van der Waals surface area contributed by atoms with Crippen LogP contribution in [0.4, 0.5) is 0 Å². The van der Waals surface area contributed by atoms with Crippen molar-refractivity contribution in [2.24, 2.45) is 5.92 Å². The summed E-state index contributed by atoms with van der Waals surface area (Å²) < 4.78 is 4.91. The fraction of sp³-hybridized carbons (Fsp3) is 0.900. The first kappa shape index (κ1) is 9.56. The highest BCUT2D eigenvalue weighted by molar-refractivity contribution is 5.65. The van der Waals surface area contributed by atoms with Crippen LogP contribution in [-0.4, -0.2) is 12.6 Å². The smallest absolute Gasteiger partial charge is 0.302 e. The molecule has 2 nitrogen and oxygen atoms in total. The SMILES string of the molecule is CC(=O)OCCC1CCCCC1. The first-order valence-corrected chi connectivity index (χ1v) is 4.92. The molecular weight excluding hydrogens is 152 g/mol. The Bertz CT molecular complexity index is 137. The summed E-state index contributed by atoms with van der Waals surface area (Å²) in [7, 11) is 0. The lowest BCUT2D eigenvalue weighted by Crippen LogP contribution is -2.10. The van der Waals surface area contributed by atoms with Crippen LogP contribution in [0.3, 0.4) is 0 Å². The molecule has 0 amide bonds. The van der Waals surface area contributed by atoms with Crippen molar-refractivity contribution < 1.29 is 9.53 Å². The van der Waals surface area contributed by atoms with Crippen molar-refractivity contribution in [2.45, 2.75) is 45.4 Å². The van der Waals surface area contributed by atoms with Gasteiger partial charge in [-0.2, -0.15) is 0 Å². The van der Waals surface area contributed by atoms with E-state index in [1.807, 2.05) is 0 Å². The van der Waals surface area contributed by atoms with Crippen molar-refractivity contribution in [3.63, 3.8) is 0 Å². The van der Waals surface area contributed by atoms with E-state index < -0.39 is 0 Å². The number of rotatable bonds is 3. The van der Waals surface area contributed by atoms with Crippen molar-refractivity contribution >= 4 is 5.97 Å². The van der Waals surface area contributed by atoms with Crippen LogP contribution in [-0.2, 0) is 9.53 Å². The third-order valence-corrected chi connectivity index (χ3v) is 2.56. The molecule has 0 radical (unpaired) electrons. The Morgan fingerprint density at radius 2 is 2.00 bits per heavy atom. The number of esters is 1. The first-order chi connectivity index (χ1) is 5.79. The number of ether oxygens (including phenoxy) is 1. The topological polar surface area (TPSA) is 26.3 Å². The molecule has 1 aliphatic rings. The van der Waals surface area contributed by atoms with Crippen LogP contribution in [0.2, 0.25) is 0 Å². The van der Waals surface area contributed by atoms with Gasteiger partial charge in [-0.05, 0) is 12.3 Å². The molecule has 0 aliphatic heterocycles. The number of hydrogen-bond acceptors (Lipinski definition) is 2. The zero-order valence-corrected chi connectivity index (χ0v) is 7.84. The van der Waals surface area contributed by atoms with E-state index in [1.165, 1.54) is 39.0 Å². The van der Waals surface area contributed by atoms with Gasteiger partial charge in [0.05, 0.1) is 6.61 Å². The lowest BCUT2D eigenvalue weighted by Gasteiger charge is -2.20. The summed E-state index contributed by atoms with van der Waals surface area (Å²) in [5.74, 6) is 0.670. The van der Waals surface area contributed by atoms with Crippen molar-refractivity contribution in [3.05, 3.63) is 0 Å². The van der Waals surface area contributed by atoms with Crippen LogP contribution < -0.4 is 0 Å². The lowest BCUT2D eigenvalue weighted by molar-refractivity contribution is -0.141. The van der Waals surface area contributed by atoms with Crippen molar-refractivity contribution in [3.8, 4) is 0 Å². The molecule has 1 aliphatic carbocycles. The van der Waals surface area contributed by atoms with E-state index in [1.54, 1.807) is 0 Å². The molecule has 1 rings (SSSR count). The van der Waals surface area contributed by atoms with E-state index in [-0.39, 0.29) is 5.97 Å². The third kappa shape index (κ3) is 3.74. The molecule has 0 unspecified atom stereocenters. The van der Waals surface area contributed by atoms with E-state index >= 15 is 0 Å². The van der Waals surface area contributed by atoms with Crippen LogP contribution in [0.1, 0.15) is 45.4 Å². The second-order valence-corrected chi connectivity index (χ2v) is 3.63. The maximum atomic E-state index is 10.5. The molecule has 70 valence electrons. The van der Waals surface area contributed by atoms with Gasteiger partial charge in [0.1, 0.15) is 0 Å². The summed E-state index contributed by atoms with van der Waals surface area (Å²) in [4.78, 5) is 10.5. The Labute approximate surface area is 74.3 Å². The molecule has 0 spiro atoms. The van der Waals surface area contributed by atoms with Crippen molar-refractivity contribution in [1.29, 1.82) is 0 Å². The Morgan fingerprint density at radius 1 is 1.33 bits per heavy atom. The molecule has 0 bridgehead atoms. The normalized spacial score (nSPS) is 19.1. The number of hydrogen-bond donors (Lipinski definition) is 0. The molecule has 0 aromatic rings. The summed E-state index contributed by atoms with van der Waals surface area (Å²) in [6.07, 6.45) is 7.86. The fourth-order valence-electron chi connectivity index (χ4n) is 1.85. The minimum Gasteiger partial charge on any atom is -0.466 e. The Balaban J connectivity index is 2.01. The zero-order chi connectivity index (χ0) is 8.81. The number of carbonyl (C=O) groups excluding carboxylic acids is 1. The molecule has 1 fully saturated rings. The number of carbonyl (C=O) groups is 1. The highest BCUT2D eigenvalue weighted by Gasteiger charge is 2.12. The van der Waals surface area contributed by atoms with E-state index in [2.05, 4.69) is 0 Å². The van der Waals surface area contributed by atoms with E-state index in [0.717, 1.165) is 12.3 Å². The second-order valence-electron chi connectivity index (χ2n) is 3.63. The van der Waals surface area contributed by atoms with Crippen molar-refractivity contribution in [2.75, 3.05) is 6.61 Å². The minimum absolute atomic E-state index is 0.147. The van der Waals surface area contributed by atoms with Gasteiger partial charge in [0.25, 0.3) is 0 Å². The molecule has 0 heterocycles. The second kappa shape index (κ2) is 5.18. The zero-order valence-electron chi connectivity index (χ0n) is 7.84. The van der Waals surface area contributed by atoms with Gasteiger partial charge < -0.3 is 4.74 Å². The highest BCUT2D eigenvalue weighted by Crippen LogP contribution is 2.25. The van der Waals surface area contributed by atoms with Crippen LogP contribution in [0.25, 0.3) is 0 Å². The van der Waals surface area contributed by atoms with Gasteiger partial charge in [-0.25, -0.2) is 0 Å². The van der Waals surface area contributed by atoms with Gasteiger partial charge in [0.2, 0.25) is 0 Å². The largest absolute Gasteiger partial charge is 0.466 e. The Morgan fingerprint density at radius 3 is 2.58 bits per heavy atom. The minimum atomic E-state index is -0.147.